The summed E-state index contributed by atoms with van der Waals surface area (Å²) in [4.78, 5) is 12.5. The molecule has 0 unspecified atom stereocenters. The van der Waals surface area contributed by atoms with Crippen molar-refractivity contribution in [1.29, 1.82) is 0 Å². The Kier molecular flexibility index (Phi) is 2.16. The first-order valence-electron chi connectivity index (χ1n) is 3.64. The average Bonchev–Trinajstić information content (AvgIpc) is 1.96. The molecular formula is C8H12N2O. The van der Waals surface area contributed by atoms with Crippen LogP contribution >= 0.6 is 0 Å². The van der Waals surface area contributed by atoms with Crippen LogP contribution in [0.4, 0.5) is 0 Å². The molecule has 11 heavy (non-hydrogen) atoms. The second-order valence-corrected chi connectivity index (χ2v) is 2.95. The zero-order valence-electron chi connectivity index (χ0n) is 6.58. The van der Waals surface area contributed by atoms with Crippen LogP contribution in [0.2, 0.25) is 0 Å². The molecule has 1 amide bonds. The van der Waals surface area contributed by atoms with Crippen LogP contribution in [0.1, 0.15) is 12.8 Å². The van der Waals surface area contributed by atoms with Gasteiger partial charge in [0, 0.05) is 19.1 Å². The molecule has 0 saturated heterocycles. The Labute approximate surface area is 66.5 Å². The van der Waals surface area contributed by atoms with Crippen molar-refractivity contribution in [3.8, 4) is 12.3 Å². The maximum absolute atomic E-state index is 10.9. The molecule has 0 heterocycles. The van der Waals surface area contributed by atoms with Crippen molar-refractivity contribution in [1.82, 2.24) is 4.90 Å². The molecule has 0 aromatic heterocycles. The van der Waals surface area contributed by atoms with Gasteiger partial charge in [0.2, 0.25) is 0 Å². The highest BCUT2D eigenvalue weighted by Crippen LogP contribution is 2.22. The van der Waals surface area contributed by atoms with Gasteiger partial charge >= 0.3 is 0 Å². The van der Waals surface area contributed by atoms with E-state index < -0.39 is 0 Å². The lowest BCUT2D eigenvalue weighted by Crippen LogP contribution is -2.50. The largest absolute Gasteiger partial charge is 0.332 e. The number of amides is 1. The van der Waals surface area contributed by atoms with Crippen LogP contribution in [0.3, 0.4) is 0 Å². The van der Waals surface area contributed by atoms with E-state index in [1.807, 2.05) is 0 Å². The molecule has 1 aliphatic carbocycles. The highest BCUT2D eigenvalue weighted by Gasteiger charge is 2.30. The van der Waals surface area contributed by atoms with Crippen molar-refractivity contribution in [2.45, 2.75) is 24.9 Å². The maximum Gasteiger partial charge on any atom is 0.298 e. The van der Waals surface area contributed by atoms with Gasteiger partial charge in [-0.3, -0.25) is 4.79 Å². The van der Waals surface area contributed by atoms with Gasteiger partial charge in [0.25, 0.3) is 5.91 Å². The molecule has 1 aliphatic rings. The van der Waals surface area contributed by atoms with E-state index in [9.17, 15) is 4.79 Å². The summed E-state index contributed by atoms with van der Waals surface area (Å²) in [6, 6.07) is 0.529. The smallest absolute Gasteiger partial charge is 0.298 e. The van der Waals surface area contributed by atoms with Crippen LogP contribution in [-0.2, 0) is 4.79 Å². The Hall–Kier alpha value is -1.01. The lowest BCUT2D eigenvalue weighted by atomic mass is 9.86. The number of nitrogens with two attached hydrogens (primary N) is 1. The normalized spacial score (nSPS) is 28.5. The molecule has 2 N–H and O–H groups in total. The summed E-state index contributed by atoms with van der Waals surface area (Å²) in [7, 11) is 1.72. The first-order valence-corrected chi connectivity index (χ1v) is 3.64. The number of carbonyl (C=O) groups is 1. The summed E-state index contributed by atoms with van der Waals surface area (Å²) in [5, 5.41) is 0. The van der Waals surface area contributed by atoms with Crippen molar-refractivity contribution in [2.24, 2.45) is 5.73 Å². The second-order valence-electron chi connectivity index (χ2n) is 2.95. The van der Waals surface area contributed by atoms with E-state index in [2.05, 4.69) is 5.92 Å². The molecule has 0 atom stereocenters. The van der Waals surface area contributed by atoms with Gasteiger partial charge in [0.15, 0.2) is 0 Å². The SMILES string of the molecule is C#CC(=O)N(C)C1CC(N)C1. The molecule has 1 rings (SSSR count). The summed E-state index contributed by atoms with van der Waals surface area (Å²) in [5.41, 5.74) is 5.56. The number of terminal acetylenes is 1. The van der Waals surface area contributed by atoms with Crippen molar-refractivity contribution in [3.05, 3.63) is 0 Å². The van der Waals surface area contributed by atoms with E-state index in [-0.39, 0.29) is 18.0 Å². The first kappa shape index (κ1) is 8.09. The van der Waals surface area contributed by atoms with Gasteiger partial charge in [0.1, 0.15) is 0 Å². The standard InChI is InChI=1S/C8H12N2O/c1-3-8(11)10(2)7-4-6(9)5-7/h1,6-7H,4-5,9H2,2H3. The Morgan fingerprint density at radius 2 is 2.27 bits per heavy atom. The lowest BCUT2D eigenvalue weighted by molar-refractivity contribution is -0.127. The number of rotatable bonds is 1. The van der Waals surface area contributed by atoms with Gasteiger partial charge in [-0.15, -0.1) is 6.42 Å². The monoisotopic (exact) mass is 152 g/mol. The minimum atomic E-state index is -0.248. The Morgan fingerprint density at radius 3 is 2.64 bits per heavy atom. The highest BCUT2D eigenvalue weighted by atomic mass is 16.2. The summed E-state index contributed by atoms with van der Waals surface area (Å²) in [6.45, 7) is 0. The van der Waals surface area contributed by atoms with E-state index in [1.165, 1.54) is 0 Å². The molecule has 0 aromatic rings. The summed E-state index contributed by atoms with van der Waals surface area (Å²) < 4.78 is 0. The lowest BCUT2D eigenvalue weighted by Gasteiger charge is -2.38. The number of hydrogen-bond donors (Lipinski definition) is 1. The fourth-order valence-electron chi connectivity index (χ4n) is 1.21. The predicted octanol–water partition coefficient (Wildman–Crippen LogP) is -0.432. The van der Waals surface area contributed by atoms with Gasteiger partial charge in [-0.2, -0.15) is 0 Å². The Bertz CT molecular complexity index is 201. The van der Waals surface area contributed by atoms with Crippen molar-refractivity contribution < 1.29 is 4.79 Å². The molecule has 0 aliphatic heterocycles. The van der Waals surface area contributed by atoms with Crippen LogP contribution in [0.15, 0.2) is 0 Å². The van der Waals surface area contributed by atoms with Gasteiger partial charge in [-0.1, -0.05) is 0 Å². The Morgan fingerprint density at radius 1 is 1.73 bits per heavy atom. The minimum Gasteiger partial charge on any atom is -0.332 e. The van der Waals surface area contributed by atoms with Gasteiger partial charge in [-0.25, -0.2) is 0 Å². The molecule has 1 saturated carbocycles. The van der Waals surface area contributed by atoms with E-state index >= 15 is 0 Å². The third kappa shape index (κ3) is 1.52. The van der Waals surface area contributed by atoms with Crippen molar-refractivity contribution in [3.63, 3.8) is 0 Å². The fourth-order valence-corrected chi connectivity index (χ4v) is 1.21. The van der Waals surface area contributed by atoms with Crippen LogP contribution in [-0.4, -0.2) is 29.9 Å². The number of nitrogens with zero attached hydrogens (tertiary/aromatic N) is 1. The molecular weight excluding hydrogens is 140 g/mol. The highest BCUT2D eigenvalue weighted by molar-refractivity contribution is 5.92. The van der Waals surface area contributed by atoms with E-state index in [1.54, 1.807) is 11.9 Å². The molecule has 3 nitrogen and oxygen atoms in total. The minimum absolute atomic E-state index is 0.248. The zero-order valence-corrected chi connectivity index (χ0v) is 6.58. The Balaban J connectivity index is 2.39. The molecule has 0 aromatic carbocycles. The van der Waals surface area contributed by atoms with Gasteiger partial charge in [0.05, 0.1) is 0 Å². The van der Waals surface area contributed by atoms with Crippen LogP contribution < -0.4 is 5.73 Å². The number of hydrogen-bond acceptors (Lipinski definition) is 2. The summed E-state index contributed by atoms with van der Waals surface area (Å²) in [6.07, 6.45) is 6.71. The molecule has 0 radical (unpaired) electrons. The van der Waals surface area contributed by atoms with Gasteiger partial charge < -0.3 is 10.6 Å². The first-order chi connectivity index (χ1) is 5.15. The third-order valence-corrected chi connectivity index (χ3v) is 2.14. The summed E-state index contributed by atoms with van der Waals surface area (Å²) >= 11 is 0. The zero-order chi connectivity index (χ0) is 8.43. The number of carbonyl (C=O) groups excluding carboxylic acids is 1. The van der Waals surface area contributed by atoms with E-state index in [0.717, 1.165) is 12.8 Å². The van der Waals surface area contributed by atoms with Crippen molar-refractivity contribution in [2.75, 3.05) is 7.05 Å². The molecule has 0 bridgehead atoms. The van der Waals surface area contributed by atoms with E-state index in [0.29, 0.717) is 0 Å². The molecule has 0 spiro atoms. The quantitative estimate of drug-likeness (QED) is 0.518. The molecule has 1 fully saturated rings. The summed E-state index contributed by atoms with van der Waals surface area (Å²) in [5.74, 6) is 1.83. The van der Waals surface area contributed by atoms with Gasteiger partial charge in [-0.05, 0) is 18.8 Å². The topological polar surface area (TPSA) is 46.3 Å². The van der Waals surface area contributed by atoms with E-state index in [4.69, 9.17) is 12.2 Å². The maximum atomic E-state index is 10.9. The van der Waals surface area contributed by atoms with Crippen LogP contribution in [0.25, 0.3) is 0 Å². The second kappa shape index (κ2) is 2.93. The van der Waals surface area contributed by atoms with Crippen molar-refractivity contribution >= 4 is 5.91 Å². The average molecular weight is 152 g/mol. The third-order valence-electron chi connectivity index (χ3n) is 2.14. The molecule has 60 valence electrons. The van der Waals surface area contributed by atoms with Crippen LogP contribution in [0, 0.1) is 12.3 Å². The predicted molar refractivity (Wildman–Crippen MR) is 42.6 cm³/mol. The fraction of sp³-hybridized carbons (Fsp3) is 0.625. The van der Waals surface area contributed by atoms with Crippen LogP contribution in [0.5, 0.6) is 0 Å². The molecule has 3 heteroatoms.